The first kappa shape index (κ1) is 10.3. The summed E-state index contributed by atoms with van der Waals surface area (Å²) < 4.78 is 5.23. The summed E-state index contributed by atoms with van der Waals surface area (Å²) in [6.07, 6.45) is 6.60. The van der Waals surface area contributed by atoms with E-state index in [2.05, 4.69) is 6.07 Å². The minimum Gasteiger partial charge on any atom is -0.495 e. The van der Waals surface area contributed by atoms with Gasteiger partial charge in [-0.05, 0) is 24.0 Å². The second-order valence-electron chi connectivity index (χ2n) is 4.39. The van der Waals surface area contributed by atoms with Crippen LogP contribution >= 0.6 is 0 Å². The first-order valence-corrected chi connectivity index (χ1v) is 5.72. The van der Waals surface area contributed by atoms with Crippen molar-refractivity contribution in [3.63, 3.8) is 0 Å². The Morgan fingerprint density at radius 2 is 2.07 bits per heavy atom. The van der Waals surface area contributed by atoms with Crippen LogP contribution < -0.4 is 10.5 Å². The van der Waals surface area contributed by atoms with Crippen molar-refractivity contribution in [3.8, 4) is 5.75 Å². The molecule has 0 atom stereocenters. The van der Waals surface area contributed by atoms with Gasteiger partial charge in [0.15, 0.2) is 0 Å². The molecule has 2 rings (SSSR count). The second kappa shape index (κ2) is 4.56. The first-order chi connectivity index (χ1) is 7.31. The molecule has 82 valence electrons. The van der Waals surface area contributed by atoms with Crippen LogP contribution in [0.3, 0.4) is 0 Å². The number of anilines is 1. The van der Waals surface area contributed by atoms with Gasteiger partial charge in [0.05, 0.1) is 12.8 Å². The van der Waals surface area contributed by atoms with Gasteiger partial charge in [-0.3, -0.25) is 0 Å². The number of benzene rings is 1. The molecular formula is C13H19NO. The van der Waals surface area contributed by atoms with Gasteiger partial charge in [0.2, 0.25) is 0 Å². The summed E-state index contributed by atoms with van der Waals surface area (Å²) in [5.41, 5.74) is 8.12. The third-order valence-corrected chi connectivity index (χ3v) is 3.36. The predicted octanol–water partition coefficient (Wildman–Crippen LogP) is 3.01. The van der Waals surface area contributed by atoms with E-state index in [4.69, 9.17) is 10.5 Å². The Balaban J connectivity index is 2.13. The van der Waals surface area contributed by atoms with Gasteiger partial charge in [0, 0.05) is 0 Å². The number of rotatable bonds is 3. The second-order valence-corrected chi connectivity index (χ2v) is 4.39. The molecule has 0 aliphatic heterocycles. The predicted molar refractivity (Wildman–Crippen MR) is 63.1 cm³/mol. The molecule has 1 aliphatic carbocycles. The summed E-state index contributed by atoms with van der Waals surface area (Å²) in [6.45, 7) is 0. The van der Waals surface area contributed by atoms with E-state index >= 15 is 0 Å². The maximum Gasteiger partial charge on any atom is 0.142 e. The molecule has 2 N–H and O–H groups in total. The zero-order valence-corrected chi connectivity index (χ0v) is 9.33. The zero-order chi connectivity index (χ0) is 10.7. The van der Waals surface area contributed by atoms with E-state index in [1.165, 1.54) is 31.2 Å². The molecule has 0 unspecified atom stereocenters. The fourth-order valence-electron chi connectivity index (χ4n) is 2.47. The van der Waals surface area contributed by atoms with Crippen LogP contribution in [-0.4, -0.2) is 7.11 Å². The van der Waals surface area contributed by atoms with E-state index in [-0.39, 0.29) is 0 Å². The van der Waals surface area contributed by atoms with Gasteiger partial charge in [0.25, 0.3) is 0 Å². The SMILES string of the molecule is COc1cccc(CC2CCCC2)c1N. The highest BCUT2D eigenvalue weighted by Gasteiger charge is 2.17. The average molecular weight is 205 g/mol. The molecule has 1 aliphatic rings. The molecular weight excluding hydrogens is 186 g/mol. The molecule has 15 heavy (non-hydrogen) atoms. The van der Waals surface area contributed by atoms with E-state index in [9.17, 15) is 0 Å². The van der Waals surface area contributed by atoms with Crippen LogP contribution in [0.1, 0.15) is 31.2 Å². The minimum absolute atomic E-state index is 0.811. The lowest BCUT2D eigenvalue weighted by Gasteiger charge is -2.13. The van der Waals surface area contributed by atoms with Crippen molar-refractivity contribution in [1.29, 1.82) is 0 Å². The van der Waals surface area contributed by atoms with E-state index in [0.717, 1.165) is 23.8 Å². The van der Waals surface area contributed by atoms with Crippen molar-refractivity contribution in [2.24, 2.45) is 5.92 Å². The third-order valence-electron chi connectivity index (χ3n) is 3.36. The lowest BCUT2D eigenvalue weighted by atomic mass is 9.97. The van der Waals surface area contributed by atoms with Gasteiger partial charge in [-0.15, -0.1) is 0 Å². The van der Waals surface area contributed by atoms with Crippen LogP contribution in [0.5, 0.6) is 5.75 Å². The highest BCUT2D eigenvalue weighted by atomic mass is 16.5. The molecule has 1 saturated carbocycles. The minimum atomic E-state index is 0.811. The van der Waals surface area contributed by atoms with Crippen molar-refractivity contribution in [2.45, 2.75) is 32.1 Å². The third kappa shape index (κ3) is 2.25. The van der Waals surface area contributed by atoms with Crippen LogP contribution in [-0.2, 0) is 6.42 Å². The fourth-order valence-corrected chi connectivity index (χ4v) is 2.47. The number of para-hydroxylation sites is 1. The summed E-state index contributed by atoms with van der Waals surface area (Å²) in [5.74, 6) is 1.64. The molecule has 0 bridgehead atoms. The van der Waals surface area contributed by atoms with Gasteiger partial charge in [-0.1, -0.05) is 37.8 Å². The number of hydrogen-bond acceptors (Lipinski definition) is 2. The molecule has 0 saturated heterocycles. The molecule has 0 aromatic heterocycles. The van der Waals surface area contributed by atoms with Crippen LogP contribution in [0, 0.1) is 5.92 Å². The van der Waals surface area contributed by atoms with Crippen LogP contribution in [0.4, 0.5) is 5.69 Å². The summed E-state index contributed by atoms with van der Waals surface area (Å²) in [7, 11) is 1.67. The van der Waals surface area contributed by atoms with E-state index < -0.39 is 0 Å². The molecule has 2 nitrogen and oxygen atoms in total. The Kier molecular flexibility index (Phi) is 3.14. The number of methoxy groups -OCH3 is 1. The zero-order valence-electron chi connectivity index (χ0n) is 9.33. The molecule has 1 fully saturated rings. The number of hydrogen-bond donors (Lipinski definition) is 1. The highest BCUT2D eigenvalue weighted by Crippen LogP contribution is 2.32. The normalized spacial score (nSPS) is 16.9. The summed E-state index contributed by atoms with van der Waals surface area (Å²) in [4.78, 5) is 0. The standard InChI is InChI=1S/C13H19NO/c1-15-12-8-4-7-11(13(12)14)9-10-5-2-3-6-10/h4,7-8,10H,2-3,5-6,9,14H2,1H3. The molecule has 0 amide bonds. The van der Waals surface area contributed by atoms with E-state index in [0.29, 0.717) is 0 Å². The largest absolute Gasteiger partial charge is 0.495 e. The van der Waals surface area contributed by atoms with Gasteiger partial charge >= 0.3 is 0 Å². The fraction of sp³-hybridized carbons (Fsp3) is 0.538. The maximum absolute atomic E-state index is 6.05. The summed E-state index contributed by atoms with van der Waals surface area (Å²) >= 11 is 0. The van der Waals surface area contributed by atoms with E-state index in [1.54, 1.807) is 7.11 Å². The van der Waals surface area contributed by atoms with Gasteiger partial charge in [0.1, 0.15) is 5.75 Å². The quantitative estimate of drug-likeness (QED) is 0.770. The monoisotopic (exact) mass is 205 g/mol. The Morgan fingerprint density at radius 3 is 2.73 bits per heavy atom. The summed E-state index contributed by atoms with van der Waals surface area (Å²) in [5, 5.41) is 0. The molecule has 2 heteroatoms. The lowest BCUT2D eigenvalue weighted by molar-refractivity contribution is 0.416. The highest BCUT2D eigenvalue weighted by molar-refractivity contribution is 5.58. The van der Waals surface area contributed by atoms with Crippen LogP contribution in [0.2, 0.25) is 0 Å². The van der Waals surface area contributed by atoms with Crippen LogP contribution in [0.25, 0.3) is 0 Å². The Bertz CT molecular complexity index is 329. The summed E-state index contributed by atoms with van der Waals surface area (Å²) in [6, 6.07) is 6.07. The number of ether oxygens (including phenoxy) is 1. The Labute approximate surface area is 91.4 Å². The van der Waals surface area contributed by atoms with Gasteiger partial charge in [-0.2, -0.15) is 0 Å². The molecule has 0 spiro atoms. The Hall–Kier alpha value is -1.18. The average Bonchev–Trinajstić information content (AvgIpc) is 2.74. The van der Waals surface area contributed by atoms with Gasteiger partial charge < -0.3 is 10.5 Å². The van der Waals surface area contributed by atoms with Crippen LogP contribution in [0.15, 0.2) is 18.2 Å². The van der Waals surface area contributed by atoms with Crippen molar-refractivity contribution in [2.75, 3.05) is 12.8 Å². The van der Waals surface area contributed by atoms with Crippen molar-refractivity contribution in [3.05, 3.63) is 23.8 Å². The number of nitrogen functional groups attached to an aromatic ring is 1. The molecule has 0 heterocycles. The van der Waals surface area contributed by atoms with Crippen molar-refractivity contribution < 1.29 is 4.74 Å². The molecule has 0 radical (unpaired) electrons. The topological polar surface area (TPSA) is 35.2 Å². The van der Waals surface area contributed by atoms with Crippen molar-refractivity contribution in [1.82, 2.24) is 0 Å². The lowest BCUT2D eigenvalue weighted by Crippen LogP contribution is -2.03. The van der Waals surface area contributed by atoms with E-state index in [1.807, 2.05) is 12.1 Å². The Morgan fingerprint density at radius 1 is 1.33 bits per heavy atom. The number of nitrogens with two attached hydrogens (primary N) is 1. The van der Waals surface area contributed by atoms with Crippen molar-refractivity contribution >= 4 is 5.69 Å². The van der Waals surface area contributed by atoms with Gasteiger partial charge in [-0.25, -0.2) is 0 Å². The molecule has 1 aromatic carbocycles. The smallest absolute Gasteiger partial charge is 0.142 e. The molecule has 1 aromatic rings. The first-order valence-electron chi connectivity index (χ1n) is 5.72. The maximum atomic E-state index is 6.05.